The minimum absolute atomic E-state index is 0.599. The molecule has 0 atom stereocenters. The van der Waals surface area contributed by atoms with E-state index in [1.165, 1.54) is 12.1 Å². The maximum atomic E-state index is 13.2. The number of pyridine rings is 1. The number of aromatic nitrogens is 2. The SMILES string of the molecule is CC(=Cn1c2c(c3cc(C(F)(F)F)ccc31)CN(C)CC2)c1ccncc1. The highest BCUT2D eigenvalue weighted by Gasteiger charge is 2.32. The van der Waals surface area contributed by atoms with Crippen LogP contribution in [0.4, 0.5) is 13.2 Å². The van der Waals surface area contributed by atoms with E-state index in [1.807, 2.05) is 32.3 Å². The average molecular weight is 371 g/mol. The molecule has 6 heteroatoms. The fourth-order valence-corrected chi connectivity index (χ4v) is 3.73. The molecule has 0 saturated carbocycles. The molecular weight excluding hydrogens is 351 g/mol. The van der Waals surface area contributed by atoms with Crippen LogP contribution in [0.2, 0.25) is 0 Å². The lowest BCUT2D eigenvalue weighted by Crippen LogP contribution is -2.26. The number of rotatable bonds is 2. The lowest BCUT2D eigenvalue weighted by molar-refractivity contribution is -0.137. The average Bonchev–Trinajstić information content (AvgIpc) is 2.94. The first-order valence-electron chi connectivity index (χ1n) is 8.85. The molecule has 3 nitrogen and oxygen atoms in total. The summed E-state index contributed by atoms with van der Waals surface area (Å²) in [6.07, 6.45) is 1.96. The third-order valence-electron chi connectivity index (χ3n) is 5.16. The number of halogens is 3. The molecular formula is C21H20F3N3. The summed E-state index contributed by atoms with van der Waals surface area (Å²) in [5.74, 6) is 0. The first-order chi connectivity index (χ1) is 12.8. The molecule has 0 aliphatic carbocycles. The number of likely N-dealkylation sites (N-methyl/N-ethyl adjacent to an activating group) is 1. The van der Waals surface area contributed by atoms with Gasteiger partial charge in [0, 0.05) is 49.2 Å². The van der Waals surface area contributed by atoms with Crippen LogP contribution in [-0.4, -0.2) is 28.0 Å². The van der Waals surface area contributed by atoms with Crippen molar-refractivity contribution in [3.05, 3.63) is 65.1 Å². The van der Waals surface area contributed by atoms with E-state index < -0.39 is 11.7 Å². The van der Waals surface area contributed by atoms with Gasteiger partial charge in [-0.2, -0.15) is 13.2 Å². The summed E-state index contributed by atoms with van der Waals surface area (Å²) in [5, 5.41) is 0.685. The predicted octanol–water partition coefficient (Wildman–Crippen LogP) is 5.06. The van der Waals surface area contributed by atoms with E-state index in [2.05, 4.69) is 14.5 Å². The minimum atomic E-state index is -4.34. The number of fused-ring (bicyclic) bond motifs is 3. The molecule has 2 aromatic heterocycles. The van der Waals surface area contributed by atoms with Gasteiger partial charge in [0.1, 0.15) is 0 Å². The van der Waals surface area contributed by atoms with Crippen LogP contribution in [0, 0.1) is 0 Å². The van der Waals surface area contributed by atoms with Gasteiger partial charge in [0.05, 0.1) is 11.1 Å². The topological polar surface area (TPSA) is 21.1 Å². The van der Waals surface area contributed by atoms with Crippen LogP contribution in [0.15, 0.2) is 42.7 Å². The highest BCUT2D eigenvalue weighted by molar-refractivity contribution is 5.90. The summed E-state index contributed by atoms with van der Waals surface area (Å²) in [6, 6.07) is 7.91. The molecule has 1 aliphatic rings. The van der Waals surface area contributed by atoms with E-state index in [-0.39, 0.29) is 0 Å². The van der Waals surface area contributed by atoms with Crippen LogP contribution < -0.4 is 0 Å². The zero-order chi connectivity index (χ0) is 19.2. The highest BCUT2D eigenvalue weighted by atomic mass is 19.4. The molecule has 0 fully saturated rings. The Bertz CT molecular complexity index is 1020. The Morgan fingerprint density at radius 2 is 1.89 bits per heavy atom. The summed E-state index contributed by atoms with van der Waals surface area (Å²) in [5.41, 5.74) is 4.38. The van der Waals surface area contributed by atoms with Gasteiger partial charge in [-0.15, -0.1) is 0 Å². The van der Waals surface area contributed by atoms with Gasteiger partial charge in [-0.25, -0.2) is 0 Å². The Hall–Kier alpha value is -2.60. The van der Waals surface area contributed by atoms with Crippen molar-refractivity contribution in [3.63, 3.8) is 0 Å². The molecule has 140 valence electrons. The van der Waals surface area contributed by atoms with E-state index in [0.717, 1.165) is 40.9 Å². The number of alkyl halides is 3. The van der Waals surface area contributed by atoms with Gasteiger partial charge in [0.15, 0.2) is 0 Å². The van der Waals surface area contributed by atoms with Crippen molar-refractivity contribution in [2.75, 3.05) is 13.6 Å². The fraction of sp³-hybridized carbons (Fsp3) is 0.286. The molecule has 0 radical (unpaired) electrons. The molecule has 0 unspecified atom stereocenters. The Balaban J connectivity index is 1.93. The first kappa shape index (κ1) is 17.8. The quantitative estimate of drug-likeness (QED) is 0.628. The fourth-order valence-electron chi connectivity index (χ4n) is 3.73. The third kappa shape index (κ3) is 3.25. The number of hydrogen-bond acceptors (Lipinski definition) is 2. The maximum Gasteiger partial charge on any atom is 0.416 e. The summed E-state index contributed by atoms with van der Waals surface area (Å²) < 4.78 is 41.7. The molecule has 4 rings (SSSR count). The second kappa shape index (κ2) is 6.53. The molecule has 27 heavy (non-hydrogen) atoms. The zero-order valence-electron chi connectivity index (χ0n) is 15.2. The molecule has 0 bridgehead atoms. The number of hydrogen-bond donors (Lipinski definition) is 0. The maximum absolute atomic E-state index is 13.2. The molecule has 3 heterocycles. The third-order valence-corrected chi connectivity index (χ3v) is 5.16. The van der Waals surface area contributed by atoms with E-state index in [9.17, 15) is 13.2 Å². The van der Waals surface area contributed by atoms with Gasteiger partial charge in [0.25, 0.3) is 0 Å². The van der Waals surface area contributed by atoms with Crippen molar-refractivity contribution in [2.45, 2.75) is 26.1 Å². The van der Waals surface area contributed by atoms with Crippen LogP contribution in [0.1, 0.15) is 29.3 Å². The molecule has 3 aromatic rings. The standard InChI is InChI=1S/C21H20F3N3/c1-14(15-5-8-25-9-6-15)12-27-19-4-3-16(21(22,23)24)11-17(19)18-13-26(2)10-7-20(18)27/h3-6,8-9,11-12H,7,10,13H2,1-2H3. The van der Waals surface area contributed by atoms with E-state index in [1.54, 1.807) is 18.5 Å². The Labute approximate surface area is 155 Å². The summed E-state index contributed by atoms with van der Waals surface area (Å²) in [7, 11) is 2.00. The van der Waals surface area contributed by atoms with Crippen molar-refractivity contribution in [1.29, 1.82) is 0 Å². The lowest BCUT2D eigenvalue weighted by atomic mass is 10.0. The monoisotopic (exact) mass is 371 g/mol. The first-order valence-corrected chi connectivity index (χ1v) is 8.85. The lowest BCUT2D eigenvalue weighted by Gasteiger charge is -2.23. The van der Waals surface area contributed by atoms with Crippen LogP contribution in [-0.2, 0) is 19.1 Å². The minimum Gasteiger partial charge on any atom is -0.320 e. The van der Waals surface area contributed by atoms with Crippen LogP contribution in [0.25, 0.3) is 22.7 Å². The summed E-state index contributed by atoms with van der Waals surface area (Å²) >= 11 is 0. The van der Waals surface area contributed by atoms with E-state index in [4.69, 9.17) is 0 Å². The van der Waals surface area contributed by atoms with Gasteiger partial charge in [-0.05, 0) is 61.0 Å². The van der Waals surface area contributed by atoms with E-state index in [0.29, 0.717) is 11.9 Å². The van der Waals surface area contributed by atoms with Gasteiger partial charge in [0.2, 0.25) is 0 Å². The second-order valence-corrected chi connectivity index (χ2v) is 7.06. The molecule has 0 saturated heterocycles. The van der Waals surface area contributed by atoms with Gasteiger partial charge in [-0.3, -0.25) is 4.98 Å². The Kier molecular flexibility index (Phi) is 4.30. The van der Waals surface area contributed by atoms with Gasteiger partial charge in [-0.1, -0.05) is 0 Å². The molecule has 0 N–H and O–H groups in total. The highest BCUT2D eigenvalue weighted by Crippen LogP contribution is 2.37. The van der Waals surface area contributed by atoms with Crippen LogP contribution >= 0.6 is 0 Å². The molecule has 0 spiro atoms. The number of nitrogens with zero attached hydrogens (tertiary/aromatic N) is 3. The summed E-state index contributed by atoms with van der Waals surface area (Å²) in [6.45, 7) is 3.55. The summed E-state index contributed by atoms with van der Waals surface area (Å²) in [4.78, 5) is 6.18. The Morgan fingerprint density at radius 1 is 1.15 bits per heavy atom. The van der Waals surface area contributed by atoms with Crippen molar-refractivity contribution < 1.29 is 13.2 Å². The van der Waals surface area contributed by atoms with E-state index >= 15 is 0 Å². The van der Waals surface area contributed by atoms with Gasteiger partial charge < -0.3 is 9.47 Å². The Morgan fingerprint density at radius 3 is 2.59 bits per heavy atom. The number of allylic oxidation sites excluding steroid dienone is 1. The van der Waals surface area contributed by atoms with Crippen molar-refractivity contribution in [3.8, 4) is 0 Å². The van der Waals surface area contributed by atoms with Crippen molar-refractivity contribution in [2.24, 2.45) is 0 Å². The smallest absolute Gasteiger partial charge is 0.320 e. The molecule has 1 aromatic carbocycles. The van der Waals surface area contributed by atoms with Crippen molar-refractivity contribution in [1.82, 2.24) is 14.5 Å². The largest absolute Gasteiger partial charge is 0.416 e. The van der Waals surface area contributed by atoms with Gasteiger partial charge >= 0.3 is 6.18 Å². The normalized spacial score (nSPS) is 16.0. The van der Waals surface area contributed by atoms with Crippen LogP contribution in [0.3, 0.4) is 0 Å². The predicted molar refractivity (Wildman–Crippen MR) is 101 cm³/mol. The zero-order valence-corrected chi connectivity index (χ0v) is 15.2. The number of benzene rings is 1. The molecule has 0 amide bonds. The van der Waals surface area contributed by atoms with Crippen molar-refractivity contribution >= 4 is 22.7 Å². The second-order valence-electron chi connectivity index (χ2n) is 7.06. The van der Waals surface area contributed by atoms with Crippen LogP contribution in [0.5, 0.6) is 0 Å². The molecule has 1 aliphatic heterocycles.